The molecule has 2 N–H and O–H groups in total. The molecular formula is C16H19NO2. The number of benzene rings is 1. The summed E-state index contributed by atoms with van der Waals surface area (Å²) in [6.45, 7) is 5.11. The third kappa shape index (κ3) is 2.15. The van der Waals surface area contributed by atoms with Crippen LogP contribution < -0.4 is 5.32 Å². The molecule has 0 saturated heterocycles. The summed E-state index contributed by atoms with van der Waals surface area (Å²) >= 11 is 0. The van der Waals surface area contributed by atoms with Crippen molar-refractivity contribution >= 4 is 0 Å². The Bertz CT molecular complexity index is 575. The highest BCUT2D eigenvalue weighted by Gasteiger charge is 2.31. The summed E-state index contributed by atoms with van der Waals surface area (Å²) < 4.78 is 5.07. The molecule has 100 valence electrons. The van der Waals surface area contributed by atoms with Crippen molar-refractivity contribution in [1.29, 1.82) is 0 Å². The lowest BCUT2D eigenvalue weighted by Gasteiger charge is -2.15. The van der Waals surface area contributed by atoms with Crippen molar-refractivity contribution in [2.75, 3.05) is 0 Å². The molecule has 1 aromatic carbocycles. The van der Waals surface area contributed by atoms with Crippen molar-refractivity contribution in [3.8, 4) is 5.75 Å². The molecule has 1 aromatic heterocycles. The number of hydrogen-bond acceptors (Lipinski definition) is 3. The van der Waals surface area contributed by atoms with Crippen molar-refractivity contribution in [3.05, 3.63) is 53.0 Å². The number of aryl methyl sites for hydroxylation is 1. The second-order valence-electron chi connectivity index (χ2n) is 5.43. The number of phenolic OH excluding ortho intramolecular Hbond substituents is 1. The molecule has 1 aliphatic carbocycles. The van der Waals surface area contributed by atoms with Crippen LogP contribution in [0, 0.1) is 6.92 Å². The fourth-order valence-corrected chi connectivity index (χ4v) is 3.16. The molecule has 3 rings (SSSR count). The van der Waals surface area contributed by atoms with Crippen LogP contribution in [0.1, 0.15) is 47.6 Å². The molecule has 0 fully saturated rings. The summed E-state index contributed by atoms with van der Waals surface area (Å²) in [5.74, 6) is 0.901. The maximum Gasteiger partial charge on any atom is 0.120 e. The maximum atomic E-state index is 10.1. The Morgan fingerprint density at radius 3 is 2.89 bits per heavy atom. The van der Waals surface area contributed by atoms with Crippen LogP contribution in [0.25, 0.3) is 0 Å². The van der Waals surface area contributed by atoms with Gasteiger partial charge in [-0.2, -0.15) is 0 Å². The number of phenols is 1. The SMILES string of the molecule is Cc1ccc(O)c2c1C(C)CC2NCc1ccoc1. The van der Waals surface area contributed by atoms with E-state index in [1.165, 1.54) is 11.1 Å². The first-order valence-corrected chi connectivity index (χ1v) is 6.73. The normalized spacial score (nSPS) is 21.6. The number of hydrogen-bond donors (Lipinski definition) is 2. The summed E-state index contributed by atoms with van der Waals surface area (Å²) in [5, 5.41) is 13.7. The molecule has 0 aliphatic heterocycles. The Labute approximate surface area is 113 Å². The van der Waals surface area contributed by atoms with Crippen LogP contribution in [0.15, 0.2) is 35.1 Å². The molecule has 0 amide bonds. The quantitative estimate of drug-likeness (QED) is 0.882. The van der Waals surface area contributed by atoms with E-state index in [0.29, 0.717) is 11.7 Å². The van der Waals surface area contributed by atoms with E-state index >= 15 is 0 Å². The predicted octanol–water partition coefficient (Wildman–Crippen LogP) is 3.63. The smallest absolute Gasteiger partial charge is 0.120 e. The predicted molar refractivity (Wildman–Crippen MR) is 74.2 cm³/mol. The maximum absolute atomic E-state index is 10.1. The van der Waals surface area contributed by atoms with Gasteiger partial charge in [0, 0.05) is 23.7 Å². The second-order valence-corrected chi connectivity index (χ2v) is 5.43. The van der Waals surface area contributed by atoms with E-state index < -0.39 is 0 Å². The lowest BCUT2D eigenvalue weighted by molar-refractivity contribution is 0.444. The second kappa shape index (κ2) is 4.74. The zero-order valence-corrected chi connectivity index (χ0v) is 11.3. The van der Waals surface area contributed by atoms with Gasteiger partial charge in [0.2, 0.25) is 0 Å². The molecule has 19 heavy (non-hydrogen) atoms. The minimum atomic E-state index is 0.222. The van der Waals surface area contributed by atoms with Crippen LogP contribution in [-0.2, 0) is 6.54 Å². The molecule has 1 heterocycles. The molecule has 0 radical (unpaired) electrons. The van der Waals surface area contributed by atoms with Gasteiger partial charge in [-0.1, -0.05) is 13.0 Å². The van der Waals surface area contributed by atoms with Crippen molar-refractivity contribution in [2.24, 2.45) is 0 Å². The topological polar surface area (TPSA) is 45.4 Å². The highest BCUT2D eigenvalue weighted by Crippen LogP contribution is 2.45. The van der Waals surface area contributed by atoms with Crippen molar-refractivity contribution in [3.63, 3.8) is 0 Å². The van der Waals surface area contributed by atoms with E-state index in [2.05, 4.69) is 19.2 Å². The molecule has 2 atom stereocenters. The first-order chi connectivity index (χ1) is 9.16. The van der Waals surface area contributed by atoms with Gasteiger partial charge in [-0.15, -0.1) is 0 Å². The number of fused-ring (bicyclic) bond motifs is 1. The number of rotatable bonds is 3. The zero-order valence-electron chi connectivity index (χ0n) is 11.3. The van der Waals surface area contributed by atoms with Gasteiger partial charge < -0.3 is 14.8 Å². The minimum absolute atomic E-state index is 0.222. The highest BCUT2D eigenvalue weighted by atomic mass is 16.3. The summed E-state index contributed by atoms with van der Waals surface area (Å²) in [5.41, 5.74) is 4.79. The van der Waals surface area contributed by atoms with Gasteiger partial charge >= 0.3 is 0 Å². The highest BCUT2D eigenvalue weighted by molar-refractivity contribution is 5.50. The number of furan rings is 1. The fourth-order valence-electron chi connectivity index (χ4n) is 3.16. The van der Waals surface area contributed by atoms with E-state index in [0.717, 1.165) is 24.1 Å². The lowest BCUT2D eigenvalue weighted by Crippen LogP contribution is -2.18. The number of nitrogens with one attached hydrogen (secondary N) is 1. The largest absolute Gasteiger partial charge is 0.508 e. The van der Waals surface area contributed by atoms with Gasteiger partial charge in [-0.05, 0) is 42.5 Å². The van der Waals surface area contributed by atoms with Crippen molar-refractivity contribution in [1.82, 2.24) is 5.32 Å². The van der Waals surface area contributed by atoms with E-state index in [-0.39, 0.29) is 6.04 Å². The average Bonchev–Trinajstić information content (AvgIpc) is 2.99. The molecular weight excluding hydrogens is 238 g/mol. The number of aromatic hydroxyl groups is 1. The Balaban J connectivity index is 1.85. The van der Waals surface area contributed by atoms with E-state index in [4.69, 9.17) is 4.42 Å². The van der Waals surface area contributed by atoms with Gasteiger partial charge in [0.05, 0.1) is 12.5 Å². The van der Waals surface area contributed by atoms with E-state index in [9.17, 15) is 5.11 Å². The van der Waals surface area contributed by atoms with Crippen LogP contribution in [0.5, 0.6) is 5.75 Å². The minimum Gasteiger partial charge on any atom is -0.508 e. The first-order valence-electron chi connectivity index (χ1n) is 6.73. The fraction of sp³-hybridized carbons (Fsp3) is 0.375. The molecule has 1 aliphatic rings. The van der Waals surface area contributed by atoms with E-state index in [1.54, 1.807) is 18.6 Å². The Morgan fingerprint density at radius 1 is 1.32 bits per heavy atom. The Kier molecular flexibility index (Phi) is 3.07. The molecule has 0 saturated carbocycles. The van der Waals surface area contributed by atoms with Crippen molar-refractivity contribution < 1.29 is 9.52 Å². The molecule has 2 unspecified atom stereocenters. The molecule has 3 heteroatoms. The van der Waals surface area contributed by atoms with Crippen LogP contribution in [-0.4, -0.2) is 5.11 Å². The average molecular weight is 257 g/mol. The van der Waals surface area contributed by atoms with Gasteiger partial charge in [0.15, 0.2) is 0 Å². The van der Waals surface area contributed by atoms with Gasteiger partial charge in [-0.3, -0.25) is 0 Å². The third-order valence-electron chi connectivity index (χ3n) is 4.05. The van der Waals surface area contributed by atoms with E-state index in [1.807, 2.05) is 12.1 Å². The Hall–Kier alpha value is -1.74. The molecule has 2 aromatic rings. The standard InChI is InChI=1S/C16H19NO2/c1-10-3-4-14(18)16-13(7-11(2)15(10)16)17-8-12-5-6-19-9-12/h3-6,9,11,13,17-18H,7-8H2,1-2H3. The summed E-state index contributed by atoms with van der Waals surface area (Å²) in [4.78, 5) is 0. The first kappa shape index (κ1) is 12.3. The molecule has 3 nitrogen and oxygen atoms in total. The summed E-state index contributed by atoms with van der Waals surface area (Å²) in [6, 6.07) is 5.99. The monoisotopic (exact) mass is 257 g/mol. The summed E-state index contributed by atoms with van der Waals surface area (Å²) in [6.07, 6.45) is 4.47. The van der Waals surface area contributed by atoms with Crippen LogP contribution in [0.2, 0.25) is 0 Å². The van der Waals surface area contributed by atoms with Crippen LogP contribution >= 0.6 is 0 Å². The third-order valence-corrected chi connectivity index (χ3v) is 4.05. The van der Waals surface area contributed by atoms with Gasteiger partial charge in [0.1, 0.15) is 5.75 Å². The van der Waals surface area contributed by atoms with Crippen LogP contribution in [0.4, 0.5) is 0 Å². The van der Waals surface area contributed by atoms with Crippen molar-refractivity contribution in [2.45, 2.75) is 38.8 Å². The molecule has 0 bridgehead atoms. The lowest BCUT2D eigenvalue weighted by atomic mass is 9.97. The zero-order chi connectivity index (χ0) is 13.4. The van der Waals surface area contributed by atoms with Gasteiger partial charge in [0.25, 0.3) is 0 Å². The Morgan fingerprint density at radius 2 is 2.16 bits per heavy atom. The van der Waals surface area contributed by atoms with Gasteiger partial charge in [-0.25, -0.2) is 0 Å². The summed E-state index contributed by atoms with van der Waals surface area (Å²) in [7, 11) is 0. The molecule has 0 spiro atoms. The van der Waals surface area contributed by atoms with Crippen LogP contribution in [0.3, 0.4) is 0 Å².